The number of rotatable bonds is 3. The van der Waals surface area contributed by atoms with E-state index in [1.54, 1.807) is 19.1 Å². The van der Waals surface area contributed by atoms with Crippen molar-refractivity contribution in [3.63, 3.8) is 0 Å². The van der Waals surface area contributed by atoms with E-state index >= 15 is 0 Å². The summed E-state index contributed by atoms with van der Waals surface area (Å²) in [7, 11) is -3.09. The van der Waals surface area contributed by atoms with E-state index in [2.05, 4.69) is 10.2 Å². The molecule has 2 saturated heterocycles. The normalized spacial score (nSPS) is 26.6. The van der Waals surface area contributed by atoms with Gasteiger partial charge in [-0.3, -0.25) is 0 Å². The van der Waals surface area contributed by atoms with E-state index in [0.717, 1.165) is 31.2 Å². The van der Waals surface area contributed by atoms with Gasteiger partial charge >= 0.3 is 0 Å². The van der Waals surface area contributed by atoms with Crippen LogP contribution in [0, 0.1) is 5.92 Å². The number of piperidine rings is 1. The number of hydrogen-bond donors (Lipinski definition) is 1. The van der Waals surface area contributed by atoms with Crippen LogP contribution in [0.3, 0.4) is 0 Å². The number of fused-ring (bicyclic) bond motifs is 1. The highest BCUT2D eigenvalue weighted by molar-refractivity contribution is 7.91. The predicted molar refractivity (Wildman–Crippen MR) is 80.9 cm³/mol. The summed E-state index contributed by atoms with van der Waals surface area (Å²) in [6, 6.07) is 7.97. The molecule has 5 heteroatoms. The Morgan fingerprint density at radius 2 is 2.00 bits per heavy atom. The Hall–Kier alpha value is -1.07. The Kier molecular flexibility index (Phi) is 3.73. The fourth-order valence-electron chi connectivity index (χ4n) is 3.29. The van der Waals surface area contributed by atoms with Crippen LogP contribution in [0.5, 0.6) is 0 Å². The van der Waals surface area contributed by atoms with Gasteiger partial charge in [-0.25, -0.2) is 8.42 Å². The van der Waals surface area contributed by atoms with E-state index in [-0.39, 0.29) is 5.75 Å². The highest BCUT2D eigenvalue weighted by atomic mass is 32.2. The zero-order chi connectivity index (χ0) is 14.2. The monoisotopic (exact) mass is 294 g/mol. The van der Waals surface area contributed by atoms with Crippen LogP contribution in [-0.2, 0) is 9.84 Å². The third-order valence-corrected chi connectivity index (χ3v) is 6.29. The molecule has 3 rings (SSSR count). The molecule has 20 heavy (non-hydrogen) atoms. The molecule has 0 saturated carbocycles. The van der Waals surface area contributed by atoms with Gasteiger partial charge in [0.05, 0.1) is 10.6 Å². The number of nitrogens with one attached hydrogen (secondary N) is 1. The molecule has 2 aliphatic rings. The molecule has 0 aliphatic carbocycles. The first kappa shape index (κ1) is 13.9. The van der Waals surface area contributed by atoms with E-state index in [4.69, 9.17) is 0 Å². The molecule has 110 valence electrons. The third-order valence-electron chi connectivity index (χ3n) is 4.54. The van der Waals surface area contributed by atoms with Gasteiger partial charge in [0.2, 0.25) is 0 Å². The molecule has 1 aromatic carbocycles. The lowest BCUT2D eigenvalue weighted by atomic mass is 9.94. The lowest BCUT2D eigenvalue weighted by molar-refractivity contribution is 0.340. The summed E-state index contributed by atoms with van der Waals surface area (Å²) in [6.45, 7) is 4.92. The van der Waals surface area contributed by atoms with Crippen molar-refractivity contribution in [2.75, 3.05) is 30.3 Å². The molecule has 2 fully saturated rings. The lowest BCUT2D eigenvalue weighted by Crippen LogP contribution is -2.40. The van der Waals surface area contributed by atoms with Crippen LogP contribution < -0.4 is 10.2 Å². The van der Waals surface area contributed by atoms with Crippen molar-refractivity contribution in [3.05, 3.63) is 24.3 Å². The minimum Gasteiger partial charge on any atom is -0.370 e. The van der Waals surface area contributed by atoms with Crippen LogP contribution in [-0.4, -0.2) is 39.8 Å². The molecule has 2 aliphatic heterocycles. The number of hydrogen-bond acceptors (Lipinski definition) is 4. The summed E-state index contributed by atoms with van der Waals surface area (Å²) < 4.78 is 23.6. The summed E-state index contributed by atoms with van der Waals surface area (Å²) in [4.78, 5) is 2.80. The molecule has 0 aromatic heterocycles. The molecule has 0 bridgehead atoms. The van der Waals surface area contributed by atoms with E-state index in [1.165, 1.54) is 12.8 Å². The standard InChI is InChI=1S/C15H22N2O2S/c1-2-20(18,19)14-7-5-13(6-8-14)17-10-12-4-3-9-16-15(12)11-17/h5-8,12,15-16H,2-4,9-11H2,1H3. The van der Waals surface area contributed by atoms with Crippen LogP contribution >= 0.6 is 0 Å². The second kappa shape index (κ2) is 5.37. The first-order valence-electron chi connectivity index (χ1n) is 7.41. The SMILES string of the molecule is CCS(=O)(=O)c1ccc(N2CC3CCCNC3C2)cc1. The van der Waals surface area contributed by atoms with Crippen molar-refractivity contribution in [2.45, 2.75) is 30.7 Å². The first-order valence-corrected chi connectivity index (χ1v) is 9.06. The van der Waals surface area contributed by atoms with Crippen molar-refractivity contribution >= 4 is 15.5 Å². The average Bonchev–Trinajstić information content (AvgIpc) is 2.91. The van der Waals surface area contributed by atoms with E-state index in [0.29, 0.717) is 10.9 Å². The van der Waals surface area contributed by atoms with Crippen molar-refractivity contribution in [3.8, 4) is 0 Å². The van der Waals surface area contributed by atoms with E-state index in [9.17, 15) is 8.42 Å². The Morgan fingerprint density at radius 3 is 2.65 bits per heavy atom. The van der Waals surface area contributed by atoms with Crippen molar-refractivity contribution < 1.29 is 8.42 Å². The third kappa shape index (κ3) is 2.56. The van der Waals surface area contributed by atoms with Gasteiger partial charge in [-0.1, -0.05) is 6.92 Å². The summed E-state index contributed by atoms with van der Waals surface area (Å²) in [5.41, 5.74) is 1.14. The van der Waals surface area contributed by atoms with Gasteiger partial charge in [-0.05, 0) is 49.6 Å². The number of benzene rings is 1. The molecule has 2 unspecified atom stereocenters. The maximum Gasteiger partial charge on any atom is 0.178 e. The minimum absolute atomic E-state index is 0.157. The number of nitrogens with zero attached hydrogens (tertiary/aromatic N) is 1. The van der Waals surface area contributed by atoms with Crippen LogP contribution in [0.2, 0.25) is 0 Å². The van der Waals surface area contributed by atoms with Gasteiger partial charge < -0.3 is 10.2 Å². The predicted octanol–water partition coefficient (Wildman–Crippen LogP) is 1.67. The Morgan fingerprint density at radius 1 is 1.25 bits per heavy atom. The van der Waals surface area contributed by atoms with Gasteiger partial charge in [0, 0.05) is 24.8 Å². The molecule has 0 radical (unpaired) electrons. The second-order valence-corrected chi connectivity index (χ2v) is 8.04. The molecule has 1 aromatic rings. The molecule has 1 N–H and O–H groups in total. The van der Waals surface area contributed by atoms with Crippen molar-refractivity contribution in [2.24, 2.45) is 5.92 Å². The number of sulfone groups is 1. The molecule has 0 spiro atoms. The fraction of sp³-hybridized carbons (Fsp3) is 0.600. The van der Waals surface area contributed by atoms with Crippen molar-refractivity contribution in [1.29, 1.82) is 0 Å². The maximum atomic E-state index is 11.8. The first-order chi connectivity index (χ1) is 9.60. The summed E-state index contributed by atoms with van der Waals surface area (Å²) in [5, 5.41) is 3.59. The Balaban J connectivity index is 1.76. The molecule has 2 heterocycles. The van der Waals surface area contributed by atoms with Gasteiger partial charge in [0.15, 0.2) is 9.84 Å². The summed E-state index contributed by atoms with van der Waals surface area (Å²) >= 11 is 0. The fourth-order valence-corrected chi connectivity index (χ4v) is 4.17. The summed E-state index contributed by atoms with van der Waals surface area (Å²) in [6.07, 6.45) is 2.57. The molecular weight excluding hydrogens is 272 g/mol. The Bertz CT molecular complexity index is 554. The quantitative estimate of drug-likeness (QED) is 0.921. The van der Waals surface area contributed by atoms with Crippen LogP contribution in [0.4, 0.5) is 5.69 Å². The van der Waals surface area contributed by atoms with Crippen LogP contribution in [0.25, 0.3) is 0 Å². The van der Waals surface area contributed by atoms with E-state index < -0.39 is 9.84 Å². The average molecular weight is 294 g/mol. The minimum atomic E-state index is -3.09. The molecular formula is C15H22N2O2S. The molecule has 0 amide bonds. The lowest BCUT2D eigenvalue weighted by Gasteiger charge is -2.24. The number of anilines is 1. The van der Waals surface area contributed by atoms with Gasteiger partial charge in [-0.15, -0.1) is 0 Å². The summed E-state index contributed by atoms with van der Waals surface area (Å²) in [5.74, 6) is 0.896. The zero-order valence-electron chi connectivity index (χ0n) is 11.9. The molecule has 4 nitrogen and oxygen atoms in total. The highest BCUT2D eigenvalue weighted by Gasteiger charge is 2.34. The Labute approximate surface area is 121 Å². The zero-order valence-corrected chi connectivity index (χ0v) is 12.7. The van der Waals surface area contributed by atoms with Crippen LogP contribution in [0.1, 0.15) is 19.8 Å². The second-order valence-electron chi connectivity index (χ2n) is 5.77. The van der Waals surface area contributed by atoms with Gasteiger partial charge in [0.1, 0.15) is 0 Å². The van der Waals surface area contributed by atoms with Gasteiger partial charge in [0.25, 0.3) is 0 Å². The van der Waals surface area contributed by atoms with Crippen LogP contribution in [0.15, 0.2) is 29.2 Å². The topological polar surface area (TPSA) is 49.4 Å². The smallest absolute Gasteiger partial charge is 0.178 e. The van der Waals surface area contributed by atoms with E-state index in [1.807, 2.05) is 12.1 Å². The maximum absolute atomic E-state index is 11.8. The largest absolute Gasteiger partial charge is 0.370 e. The highest BCUT2D eigenvalue weighted by Crippen LogP contribution is 2.29. The van der Waals surface area contributed by atoms with Crippen molar-refractivity contribution in [1.82, 2.24) is 5.32 Å². The van der Waals surface area contributed by atoms with Gasteiger partial charge in [-0.2, -0.15) is 0 Å². The molecule has 2 atom stereocenters.